The van der Waals surface area contributed by atoms with Crippen LogP contribution in [-0.4, -0.2) is 5.78 Å². The van der Waals surface area contributed by atoms with Crippen LogP contribution in [0.2, 0.25) is 0 Å². The summed E-state index contributed by atoms with van der Waals surface area (Å²) in [5.41, 5.74) is 1.28. The fourth-order valence-corrected chi connectivity index (χ4v) is 0.805. The van der Waals surface area contributed by atoms with Gasteiger partial charge in [-0.3, -0.25) is 4.79 Å². The molecule has 0 saturated carbocycles. The molecule has 1 nitrogen and oxygen atoms in total. The van der Waals surface area contributed by atoms with Crippen LogP contribution in [0.5, 0.6) is 0 Å². The molecule has 0 spiro atoms. The zero-order valence-corrected chi connectivity index (χ0v) is 7.44. The zero-order valence-electron chi connectivity index (χ0n) is 7.44. The van der Waals surface area contributed by atoms with Gasteiger partial charge in [0.2, 0.25) is 0 Å². The number of allylic oxidation sites excluding steroid dienone is 2. The van der Waals surface area contributed by atoms with Crippen molar-refractivity contribution in [3.63, 3.8) is 0 Å². The van der Waals surface area contributed by atoms with Gasteiger partial charge in [0, 0.05) is 0 Å². The van der Waals surface area contributed by atoms with E-state index in [2.05, 4.69) is 20.1 Å². The summed E-state index contributed by atoms with van der Waals surface area (Å²) in [6, 6.07) is 0. The van der Waals surface area contributed by atoms with Crippen molar-refractivity contribution in [1.82, 2.24) is 0 Å². The van der Waals surface area contributed by atoms with Gasteiger partial charge in [0.1, 0.15) is 0 Å². The summed E-state index contributed by atoms with van der Waals surface area (Å²) >= 11 is 0. The topological polar surface area (TPSA) is 17.1 Å². The van der Waals surface area contributed by atoms with Gasteiger partial charge >= 0.3 is 0 Å². The van der Waals surface area contributed by atoms with Crippen LogP contribution in [0, 0.1) is 0 Å². The van der Waals surface area contributed by atoms with Crippen LogP contribution in [0.4, 0.5) is 0 Å². The van der Waals surface area contributed by atoms with Crippen LogP contribution in [0.3, 0.4) is 0 Å². The Morgan fingerprint density at radius 2 is 1.91 bits per heavy atom. The Kier molecular flexibility index (Phi) is 4.51. The van der Waals surface area contributed by atoms with Gasteiger partial charge in [0.05, 0.1) is 0 Å². The van der Waals surface area contributed by atoms with Crippen molar-refractivity contribution in [3.05, 3.63) is 24.3 Å². The van der Waals surface area contributed by atoms with Gasteiger partial charge < -0.3 is 0 Å². The molecule has 11 heavy (non-hydrogen) atoms. The summed E-state index contributed by atoms with van der Waals surface area (Å²) < 4.78 is 0. The third-order valence-electron chi connectivity index (χ3n) is 1.54. The van der Waals surface area contributed by atoms with E-state index in [1.54, 1.807) is 6.92 Å². The number of Topliss-reactive ketones (excluding diaryl/α,β-unsaturated/α-hetero) is 1. The van der Waals surface area contributed by atoms with Crippen molar-refractivity contribution < 1.29 is 4.79 Å². The normalized spacial score (nSPS) is 9.27. The maximum Gasteiger partial charge on any atom is 0.183 e. The number of ketones is 1. The zero-order chi connectivity index (χ0) is 8.85. The lowest BCUT2D eigenvalue weighted by Crippen LogP contribution is -2.01. The molecule has 0 atom stereocenters. The molecular weight excluding hydrogens is 136 g/mol. The number of carbonyl (C=O) groups is 1. The summed E-state index contributed by atoms with van der Waals surface area (Å²) in [6.07, 6.45) is 2.95. The van der Waals surface area contributed by atoms with Gasteiger partial charge in [-0.05, 0) is 30.9 Å². The summed E-state index contributed by atoms with van der Waals surface area (Å²) in [5, 5.41) is 0. The van der Waals surface area contributed by atoms with Crippen LogP contribution in [-0.2, 0) is 4.79 Å². The minimum atomic E-state index is 0.0263. The summed E-state index contributed by atoms with van der Waals surface area (Å²) in [6.45, 7) is 11.1. The van der Waals surface area contributed by atoms with Crippen molar-refractivity contribution in [3.8, 4) is 0 Å². The van der Waals surface area contributed by atoms with Gasteiger partial charge in [-0.2, -0.15) is 0 Å². The van der Waals surface area contributed by atoms with E-state index in [-0.39, 0.29) is 5.78 Å². The Balaban J connectivity index is 3.84. The maximum atomic E-state index is 11.1. The first kappa shape index (κ1) is 10.2. The third-order valence-corrected chi connectivity index (χ3v) is 1.54. The second-order valence-electron chi connectivity index (χ2n) is 2.82. The lowest BCUT2D eigenvalue weighted by Gasteiger charge is -2.01. The lowest BCUT2D eigenvalue weighted by atomic mass is 10.0. The minimum absolute atomic E-state index is 0.0263. The van der Waals surface area contributed by atoms with Crippen molar-refractivity contribution in [2.45, 2.75) is 33.1 Å². The monoisotopic (exact) mass is 152 g/mol. The van der Waals surface area contributed by atoms with Gasteiger partial charge in [0.15, 0.2) is 5.78 Å². The first-order valence-electron chi connectivity index (χ1n) is 3.97. The molecule has 0 aliphatic heterocycles. The molecule has 0 aromatic carbocycles. The predicted octanol–water partition coefficient (Wildman–Crippen LogP) is 2.88. The van der Waals surface area contributed by atoms with Crippen molar-refractivity contribution in [2.24, 2.45) is 0 Å². The smallest absolute Gasteiger partial charge is 0.183 e. The van der Waals surface area contributed by atoms with E-state index in [0.717, 1.165) is 19.3 Å². The van der Waals surface area contributed by atoms with Gasteiger partial charge in [-0.1, -0.05) is 26.5 Å². The molecule has 0 aromatic heterocycles. The highest BCUT2D eigenvalue weighted by molar-refractivity contribution is 6.06. The maximum absolute atomic E-state index is 11.1. The SMILES string of the molecule is C=C(C)C(=O)C(=C)CCCC. The Labute approximate surface area is 68.8 Å². The van der Waals surface area contributed by atoms with Crippen LogP contribution in [0.15, 0.2) is 24.3 Å². The first-order chi connectivity index (χ1) is 5.09. The second kappa shape index (κ2) is 4.89. The Hall–Kier alpha value is -0.850. The highest BCUT2D eigenvalue weighted by atomic mass is 16.1. The molecule has 0 bridgehead atoms. The number of unbranched alkanes of at least 4 members (excludes halogenated alkanes) is 1. The van der Waals surface area contributed by atoms with E-state index in [9.17, 15) is 4.79 Å². The van der Waals surface area contributed by atoms with Crippen molar-refractivity contribution in [1.29, 1.82) is 0 Å². The highest BCUT2D eigenvalue weighted by Gasteiger charge is 2.05. The average molecular weight is 152 g/mol. The van der Waals surface area contributed by atoms with Crippen LogP contribution in [0.1, 0.15) is 33.1 Å². The van der Waals surface area contributed by atoms with Crippen LogP contribution in [0.25, 0.3) is 0 Å². The molecule has 0 heterocycles. The number of rotatable bonds is 5. The highest BCUT2D eigenvalue weighted by Crippen LogP contribution is 2.09. The molecule has 0 saturated heterocycles. The molecule has 0 fully saturated rings. The van der Waals surface area contributed by atoms with Crippen molar-refractivity contribution in [2.75, 3.05) is 0 Å². The van der Waals surface area contributed by atoms with E-state index in [4.69, 9.17) is 0 Å². The van der Waals surface area contributed by atoms with Crippen LogP contribution >= 0.6 is 0 Å². The van der Waals surface area contributed by atoms with Crippen LogP contribution < -0.4 is 0 Å². The largest absolute Gasteiger partial charge is 0.289 e. The molecule has 0 amide bonds. The molecule has 0 N–H and O–H groups in total. The van der Waals surface area contributed by atoms with E-state index in [0.29, 0.717) is 11.1 Å². The molecule has 0 unspecified atom stereocenters. The summed E-state index contributed by atoms with van der Waals surface area (Å²) in [7, 11) is 0. The summed E-state index contributed by atoms with van der Waals surface area (Å²) in [5.74, 6) is 0.0263. The minimum Gasteiger partial charge on any atom is -0.289 e. The fourth-order valence-electron chi connectivity index (χ4n) is 0.805. The number of carbonyl (C=O) groups excluding carboxylic acids is 1. The number of hydrogen-bond acceptors (Lipinski definition) is 1. The molecule has 0 aliphatic rings. The van der Waals surface area contributed by atoms with Gasteiger partial charge in [-0.25, -0.2) is 0 Å². The van der Waals surface area contributed by atoms with Crippen molar-refractivity contribution >= 4 is 5.78 Å². The molecule has 1 heteroatoms. The standard InChI is InChI=1S/C10H16O/c1-5-6-7-9(4)10(11)8(2)3/h2,4-7H2,1,3H3. The van der Waals surface area contributed by atoms with E-state index < -0.39 is 0 Å². The summed E-state index contributed by atoms with van der Waals surface area (Å²) in [4.78, 5) is 11.1. The lowest BCUT2D eigenvalue weighted by molar-refractivity contribution is -0.112. The quantitative estimate of drug-likeness (QED) is 0.553. The van der Waals surface area contributed by atoms with E-state index in [1.165, 1.54) is 0 Å². The third kappa shape index (κ3) is 3.76. The average Bonchev–Trinajstić information content (AvgIpc) is 1.98. The molecule has 0 aliphatic carbocycles. The molecule has 0 radical (unpaired) electrons. The van der Waals surface area contributed by atoms with Gasteiger partial charge in [0.25, 0.3) is 0 Å². The Morgan fingerprint density at radius 3 is 2.27 bits per heavy atom. The fraction of sp³-hybridized carbons (Fsp3) is 0.500. The molecule has 62 valence electrons. The Bertz CT molecular complexity index is 177. The molecule has 0 rings (SSSR count). The number of hydrogen-bond donors (Lipinski definition) is 0. The molecule has 0 aromatic rings. The van der Waals surface area contributed by atoms with Gasteiger partial charge in [-0.15, -0.1) is 0 Å². The second-order valence-corrected chi connectivity index (χ2v) is 2.82. The Morgan fingerprint density at radius 1 is 1.36 bits per heavy atom. The van der Waals surface area contributed by atoms with E-state index >= 15 is 0 Å². The predicted molar refractivity (Wildman–Crippen MR) is 48.5 cm³/mol. The first-order valence-corrected chi connectivity index (χ1v) is 3.97. The van der Waals surface area contributed by atoms with E-state index in [1.807, 2.05) is 0 Å². The molecular formula is C10H16O.